The van der Waals surface area contributed by atoms with Crippen LogP contribution < -0.4 is 0 Å². The fourth-order valence-electron chi connectivity index (χ4n) is 1.56. The van der Waals surface area contributed by atoms with E-state index in [-0.39, 0.29) is 6.04 Å². The van der Waals surface area contributed by atoms with Crippen LogP contribution in [0.1, 0.15) is 24.2 Å². The van der Waals surface area contributed by atoms with Gasteiger partial charge >= 0.3 is 0 Å². The summed E-state index contributed by atoms with van der Waals surface area (Å²) in [6.45, 7) is 2.07. The summed E-state index contributed by atoms with van der Waals surface area (Å²) >= 11 is 0. The van der Waals surface area contributed by atoms with Gasteiger partial charge in [0.25, 0.3) is 0 Å². The SMILES string of the molecule is C[C@@H](c1ccncc1)n1ccc(CC#N)n1. The number of aromatic nitrogens is 3. The zero-order chi connectivity index (χ0) is 11.4. The number of nitrogens with zero attached hydrogens (tertiary/aromatic N) is 4. The molecule has 0 radical (unpaired) electrons. The topological polar surface area (TPSA) is 54.5 Å². The van der Waals surface area contributed by atoms with Crippen molar-refractivity contribution in [2.75, 3.05) is 0 Å². The molecule has 0 aliphatic carbocycles. The molecule has 0 unspecified atom stereocenters. The molecule has 0 aromatic carbocycles. The second-order valence-corrected chi connectivity index (χ2v) is 3.58. The Kier molecular flexibility index (Phi) is 2.97. The largest absolute Gasteiger partial charge is 0.265 e. The van der Waals surface area contributed by atoms with Crippen molar-refractivity contribution in [3.8, 4) is 6.07 Å². The maximum atomic E-state index is 8.58. The summed E-state index contributed by atoms with van der Waals surface area (Å²) in [5, 5.41) is 12.9. The lowest BCUT2D eigenvalue weighted by molar-refractivity contribution is 0.559. The molecule has 2 heterocycles. The van der Waals surface area contributed by atoms with Gasteiger partial charge in [-0.25, -0.2) is 0 Å². The molecule has 0 saturated carbocycles. The average Bonchev–Trinajstić information content (AvgIpc) is 2.78. The van der Waals surface area contributed by atoms with Crippen LogP contribution in [0.25, 0.3) is 0 Å². The number of hydrogen-bond donors (Lipinski definition) is 0. The molecule has 80 valence electrons. The van der Waals surface area contributed by atoms with E-state index >= 15 is 0 Å². The van der Waals surface area contributed by atoms with Crippen molar-refractivity contribution < 1.29 is 0 Å². The lowest BCUT2D eigenvalue weighted by Crippen LogP contribution is -2.07. The van der Waals surface area contributed by atoms with E-state index in [9.17, 15) is 0 Å². The molecule has 16 heavy (non-hydrogen) atoms. The highest BCUT2D eigenvalue weighted by atomic mass is 15.3. The minimum atomic E-state index is 0.162. The van der Waals surface area contributed by atoms with Crippen molar-refractivity contribution in [1.82, 2.24) is 14.8 Å². The first-order valence-electron chi connectivity index (χ1n) is 5.12. The fraction of sp³-hybridized carbons (Fsp3) is 0.250. The van der Waals surface area contributed by atoms with Crippen LogP contribution >= 0.6 is 0 Å². The molecule has 2 aromatic rings. The van der Waals surface area contributed by atoms with Gasteiger partial charge in [-0.1, -0.05) is 0 Å². The second kappa shape index (κ2) is 4.58. The Labute approximate surface area is 94.2 Å². The van der Waals surface area contributed by atoms with Crippen LogP contribution in [0.3, 0.4) is 0 Å². The highest BCUT2D eigenvalue weighted by molar-refractivity contribution is 5.16. The first-order valence-corrected chi connectivity index (χ1v) is 5.12. The third-order valence-corrected chi connectivity index (χ3v) is 2.51. The fourth-order valence-corrected chi connectivity index (χ4v) is 1.56. The Bertz CT molecular complexity index is 495. The summed E-state index contributed by atoms with van der Waals surface area (Å²) in [6.07, 6.45) is 5.80. The highest BCUT2D eigenvalue weighted by Gasteiger charge is 2.08. The minimum Gasteiger partial charge on any atom is -0.265 e. The molecule has 0 aliphatic heterocycles. The average molecular weight is 212 g/mol. The van der Waals surface area contributed by atoms with Crippen LogP contribution in [0, 0.1) is 11.3 Å². The van der Waals surface area contributed by atoms with Crippen LogP contribution in [-0.4, -0.2) is 14.8 Å². The van der Waals surface area contributed by atoms with Crippen molar-refractivity contribution in [3.05, 3.63) is 48.0 Å². The van der Waals surface area contributed by atoms with E-state index in [1.165, 1.54) is 0 Å². The summed E-state index contributed by atoms with van der Waals surface area (Å²) in [5.74, 6) is 0. The molecule has 0 spiro atoms. The molecular weight excluding hydrogens is 200 g/mol. The number of nitriles is 1. The van der Waals surface area contributed by atoms with Gasteiger partial charge in [0.1, 0.15) is 0 Å². The molecule has 0 saturated heterocycles. The molecule has 2 rings (SSSR count). The Morgan fingerprint density at radius 3 is 2.81 bits per heavy atom. The Morgan fingerprint density at radius 2 is 2.12 bits per heavy atom. The van der Waals surface area contributed by atoms with Gasteiger partial charge in [-0.2, -0.15) is 10.4 Å². The van der Waals surface area contributed by atoms with Crippen molar-refractivity contribution >= 4 is 0 Å². The van der Waals surface area contributed by atoms with Crippen LogP contribution in [0.15, 0.2) is 36.8 Å². The standard InChI is InChI=1S/C12H12N4/c1-10(11-3-7-14-8-4-11)16-9-5-12(15-16)2-6-13/h3-5,7-10H,2H2,1H3/t10-/m0/s1. The molecule has 0 aliphatic rings. The van der Waals surface area contributed by atoms with Crippen LogP contribution in [0.5, 0.6) is 0 Å². The van der Waals surface area contributed by atoms with Crippen LogP contribution in [-0.2, 0) is 6.42 Å². The summed E-state index contributed by atoms with van der Waals surface area (Å²) in [4.78, 5) is 3.98. The molecule has 4 nitrogen and oxygen atoms in total. The summed E-state index contributed by atoms with van der Waals surface area (Å²) in [6, 6.07) is 8.07. The molecule has 1 atom stereocenters. The van der Waals surface area contributed by atoms with E-state index in [2.05, 4.69) is 23.1 Å². The smallest absolute Gasteiger partial charge is 0.0793 e. The first kappa shape index (κ1) is 10.4. The van der Waals surface area contributed by atoms with Crippen LogP contribution in [0.4, 0.5) is 0 Å². The van der Waals surface area contributed by atoms with Crippen molar-refractivity contribution in [1.29, 1.82) is 5.26 Å². The minimum absolute atomic E-state index is 0.162. The lowest BCUT2D eigenvalue weighted by atomic mass is 10.1. The predicted molar refractivity (Wildman–Crippen MR) is 59.6 cm³/mol. The molecule has 0 N–H and O–H groups in total. The van der Waals surface area contributed by atoms with E-state index in [0.717, 1.165) is 11.3 Å². The number of pyridine rings is 1. The van der Waals surface area contributed by atoms with Gasteiger partial charge in [0.05, 0.1) is 24.2 Å². The van der Waals surface area contributed by atoms with Crippen molar-refractivity contribution in [2.45, 2.75) is 19.4 Å². The molecule has 4 heteroatoms. The summed E-state index contributed by atoms with van der Waals surface area (Å²) in [7, 11) is 0. The quantitative estimate of drug-likeness (QED) is 0.781. The van der Waals surface area contributed by atoms with E-state index in [1.807, 2.05) is 29.1 Å². The normalized spacial score (nSPS) is 12.0. The Morgan fingerprint density at radius 1 is 1.38 bits per heavy atom. The highest BCUT2D eigenvalue weighted by Crippen LogP contribution is 2.15. The lowest BCUT2D eigenvalue weighted by Gasteiger charge is -2.11. The van der Waals surface area contributed by atoms with Crippen molar-refractivity contribution in [3.63, 3.8) is 0 Å². The Balaban J connectivity index is 2.21. The van der Waals surface area contributed by atoms with Gasteiger partial charge in [0.15, 0.2) is 0 Å². The van der Waals surface area contributed by atoms with Crippen molar-refractivity contribution in [2.24, 2.45) is 0 Å². The van der Waals surface area contributed by atoms with E-state index in [1.54, 1.807) is 12.4 Å². The Hall–Kier alpha value is -2.15. The number of hydrogen-bond acceptors (Lipinski definition) is 3. The molecule has 0 fully saturated rings. The van der Waals surface area contributed by atoms with Gasteiger partial charge < -0.3 is 0 Å². The van der Waals surface area contributed by atoms with Gasteiger partial charge in [-0.05, 0) is 30.7 Å². The maximum absolute atomic E-state index is 8.58. The van der Waals surface area contributed by atoms with E-state index in [4.69, 9.17) is 5.26 Å². The molecule has 0 bridgehead atoms. The van der Waals surface area contributed by atoms with E-state index in [0.29, 0.717) is 6.42 Å². The zero-order valence-corrected chi connectivity index (χ0v) is 9.04. The van der Waals surface area contributed by atoms with Gasteiger partial charge in [-0.3, -0.25) is 9.67 Å². The zero-order valence-electron chi connectivity index (χ0n) is 9.04. The second-order valence-electron chi connectivity index (χ2n) is 3.58. The third kappa shape index (κ3) is 2.09. The predicted octanol–water partition coefficient (Wildman–Crippen LogP) is 1.95. The molecular formula is C12H12N4. The monoisotopic (exact) mass is 212 g/mol. The molecule has 0 amide bonds. The maximum Gasteiger partial charge on any atom is 0.0793 e. The summed E-state index contributed by atoms with van der Waals surface area (Å²) in [5.41, 5.74) is 1.96. The van der Waals surface area contributed by atoms with Gasteiger partial charge in [0.2, 0.25) is 0 Å². The first-order chi connectivity index (χ1) is 7.81. The van der Waals surface area contributed by atoms with E-state index < -0.39 is 0 Å². The van der Waals surface area contributed by atoms with Crippen LogP contribution in [0.2, 0.25) is 0 Å². The number of rotatable bonds is 3. The third-order valence-electron chi connectivity index (χ3n) is 2.51. The molecule has 2 aromatic heterocycles. The van der Waals surface area contributed by atoms with Gasteiger partial charge in [0, 0.05) is 18.6 Å². The van der Waals surface area contributed by atoms with Gasteiger partial charge in [-0.15, -0.1) is 0 Å². The summed E-state index contributed by atoms with van der Waals surface area (Å²) < 4.78 is 1.86.